The third-order valence-corrected chi connectivity index (χ3v) is 7.23. The number of likely N-dealkylation sites (N-methyl/N-ethyl adjacent to an activating group) is 1. The molecule has 4 heterocycles. The number of nitrogens with two attached hydrogens (primary N) is 1. The van der Waals surface area contributed by atoms with Crippen LogP contribution < -0.4 is 11.1 Å². The molecule has 1 fully saturated rings. The molecule has 6 rings (SSSR count). The molecule has 0 amide bonds. The van der Waals surface area contributed by atoms with E-state index < -0.39 is 0 Å². The summed E-state index contributed by atoms with van der Waals surface area (Å²) in [5, 5.41) is 9.14. The maximum Gasteiger partial charge on any atom is 0.300 e. The van der Waals surface area contributed by atoms with Gasteiger partial charge in [-0.25, -0.2) is 14.6 Å². The van der Waals surface area contributed by atoms with E-state index in [4.69, 9.17) is 15.2 Å². The van der Waals surface area contributed by atoms with Crippen molar-refractivity contribution in [3.05, 3.63) is 60.4 Å². The van der Waals surface area contributed by atoms with Gasteiger partial charge in [-0.15, -0.1) is 0 Å². The second-order valence-electron chi connectivity index (χ2n) is 10.6. The van der Waals surface area contributed by atoms with E-state index in [2.05, 4.69) is 63.7 Å². The number of anilines is 3. The topological polar surface area (TPSA) is 114 Å². The molecular weight excluding hydrogens is 490 g/mol. The molecular formula is C29H34N9O. The summed E-state index contributed by atoms with van der Waals surface area (Å²) in [7, 11) is 4.17. The summed E-state index contributed by atoms with van der Waals surface area (Å²) in [6.07, 6.45) is 3.66. The standard InChI is InChI=1S/C29H34N9O/c1-18-14-19(2)26-23(15-18)34-29(39-26)33-21-9-7-20(8-10-21)25-24-27(30)31-17-32-28(24)38(35-25)22-6-5-11-37(16-22)13-12-36(3)4/h7-10,13-15,17,22H,5-6,11-12,16H2,1-4H3,(H,33,34)(H2,30,31,32). The van der Waals surface area contributed by atoms with Crippen molar-refractivity contribution >= 4 is 39.7 Å². The van der Waals surface area contributed by atoms with Crippen LogP contribution in [0.25, 0.3) is 33.4 Å². The predicted octanol–water partition coefficient (Wildman–Crippen LogP) is 4.94. The zero-order valence-corrected chi connectivity index (χ0v) is 22.8. The van der Waals surface area contributed by atoms with Crippen LogP contribution in [0.3, 0.4) is 0 Å². The van der Waals surface area contributed by atoms with Crippen molar-refractivity contribution < 1.29 is 4.42 Å². The molecule has 1 atom stereocenters. The Hall–Kier alpha value is -4.02. The zero-order valence-electron chi connectivity index (χ0n) is 22.8. The van der Waals surface area contributed by atoms with Gasteiger partial charge in [0.25, 0.3) is 6.01 Å². The van der Waals surface area contributed by atoms with Crippen molar-refractivity contribution in [3.63, 3.8) is 0 Å². The van der Waals surface area contributed by atoms with Gasteiger partial charge >= 0.3 is 0 Å². The molecule has 1 radical (unpaired) electrons. The van der Waals surface area contributed by atoms with E-state index in [9.17, 15) is 0 Å². The zero-order chi connectivity index (χ0) is 27.1. The Bertz CT molecular complexity index is 1620. The van der Waals surface area contributed by atoms with Crippen LogP contribution >= 0.6 is 0 Å². The van der Waals surface area contributed by atoms with Crippen LogP contribution in [0, 0.1) is 20.4 Å². The number of aromatic nitrogens is 5. The van der Waals surface area contributed by atoms with Crippen molar-refractivity contribution in [2.75, 3.05) is 44.8 Å². The van der Waals surface area contributed by atoms with E-state index in [0.29, 0.717) is 11.8 Å². The molecule has 3 aromatic heterocycles. The molecule has 1 saturated heterocycles. The smallest absolute Gasteiger partial charge is 0.300 e. The number of nitrogen functional groups attached to an aromatic ring is 1. The molecule has 0 spiro atoms. The third kappa shape index (κ3) is 5.05. The number of likely N-dealkylation sites (tertiary alicyclic amines) is 1. The highest BCUT2D eigenvalue weighted by Crippen LogP contribution is 2.35. The number of rotatable bonds is 7. The maximum absolute atomic E-state index is 6.38. The van der Waals surface area contributed by atoms with Crippen LogP contribution in [0.15, 0.2) is 47.1 Å². The molecule has 10 nitrogen and oxygen atoms in total. The fourth-order valence-corrected chi connectivity index (χ4v) is 5.34. The van der Waals surface area contributed by atoms with E-state index in [1.165, 1.54) is 6.33 Å². The highest BCUT2D eigenvalue weighted by molar-refractivity contribution is 5.98. The molecule has 2 aromatic carbocycles. The summed E-state index contributed by atoms with van der Waals surface area (Å²) in [6.45, 7) is 9.22. The maximum atomic E-state index is 6.38. The van der Waals surface area contributed by atoms with Gasteiger partial charge in [0.1, 0.15) is 23.4 Å². The number of benzene rings is 2. The van der Waals surface area contributed by atoms with Gasteiger partial charge in [0.05, 0.1) is 11.4 Å². The molecule has 10 heteroatoms. The lowest BCUT2D eigenvalue weighted by Crippen LogP contribution is -2.37. The van der Waals surface area contributed by atoms with Crippen molar-refractivity contribution in [2.45, 2.75) is 32.7 Å². The minimum Gasteiger partial charge on any atom is -0.423 e. The van der Waals surface area contributed by atoms with Crippen LogP contribution in [0.5, 0.6) is 0 Å². The first-order valence-electron chi connectivity index (χ1n) is 13.3. The number of hydrogen-bond donors (Lipinski definition) is 2. The number of hydrogen-bond acceptors (Lipinski definition) is 9. The fourth-order valence-electron chi connectivity index (χ4n) is 5.34. The molecule has 39 heavy (non-hydrogen) atoms. The summed E-state index contributed by atoms with van der Waals surface area (Å²) >= 11 is 0. The molecule has 0 aliphatic carbocycles. The summed E-state index contributed by atoms with van der Waals surface area (Å²) in [6, 6.07) is 12.8. The van der Waals surface area contributed by atoms with E-state index in [0.717, 1.165) is 82.7 Å². The van der Waals surface area contributed by atoms with E-state index in [1.807, 2.05) is 41.9 Å². The van der Waals surface area contributed by atoms with Crippen molar-refractivity contribution in [1.82, 2.24) is 34.5 Å². The van der Waals surface area contributed by atoms with Crippen molar-refractivity contribution in [2.24, 2.45) is 0 Å². The second kappa shape index (κ2) is 10.3. The summed E-state index contributed by atoms with van der Waals surface area (Å²) in [5.41, 5.74) is 13.6. The number of nitrogens with zero attached hydrogens (tertiary/aromatic N) is 7. The SMILES string of the molecule is Cc1cc(C)c2oc(Nc3ccc(-c4nn(C5CCCN([CH]CN(C)C)C5)c5ncnc(N)c45)cc3)nc2c1. The Morgan fingerprint density at radius 2 is 1.97 bits per heavy atom. The fraction of sp³-hybridized carbons (Fsp3) is 0.345. The number of aryl methyl sites for hydroxylation is 2. The van der Waals surface area contributed by atoms with E-state index >= 15 is 0 Å². The highest BCUT2D eigenvalue weighted by Gasteiger charge is 2.26. The lowest BCUT2D eigenvalue weighted by molar-refractivity contribution is 0.193. The third-order valence-electron chi connectivity index (χ3n) is 7.23. The molecule has 5 aromatic rings. The Kier molecular flexibility index (Phi) is 6.66. The molecule has 1 unspecified atom stereocenters. The summed E-state index contributed by atoms with van der Waals surface area (Å²) < 4.78 is 8.02. The van der Waals surface area contributed by atoms with Gasteiger partial charge in [-0.2, -0.15) is 10.1 Å². The lowest BCUT2D eigenvalue weighted by atomic mass is 10.1. The molecule has 201 valence electrons. The number of piperidine rings is 1. The monoisotopic (exact) mass is 524 g/mol. The first kappa shape index (κ1) is 25.3. The number of oxazole rings is 1. The van der Waals surface area contributed by atoms with Crippen LogP contribution in [0.1, 0.15) is 30.0 Å². The van der Waals surface area contributed by atoms with Crippen LogP contribution in [0.2, 0.25) is 0 Å². The van der Waals surface area contributed by atoms with Crippen LogP contribution in [-0.4, -0.2) is 68.3 Å². The van der Waals surface area contributed by atoms with Crippen LogP contribution in [-0.2, 0) is 0 Å². The van der Waals surface area contributed by atoms with Gasteiger partial charge in [-0.3, -0.25) is 4.90 Å². The molecule has 1 aliphatic rings. The van der Waals surface area contributed by atoms with Crippen molar-refractivity contribution in [3.8, 4) is 11.3 Å². The second-order valence-corrected chi connectivity index (χ2v) is 10.6. The van der Waals surface area contributed by atoms with Crippen molar-refractivity contribution in [1.29, 1.82) is 0 Å². The predicted molar refractivity (Wildman–Crippen MR) is 155 cm³/mol. The number of nitrogens with one attached hydrogen (secondary N) is 1. The van der Waals surface area contributed by atoms with E-state index in [-0.39, 0.29) is 6.04 Å². The molecule has 0 bridgehead atoms. The molecule has 1 aliphatic heterocycles. The molecule has 3 N–H and O–H groups in total. The van der Waals surface area contributed by atoms with Crippen LogP contribution in [0.4, 0.5) is 17.5 Å². The van der Waals surface area contributed by atoms with E-state index in [1.54, 1.807) is 0 Å². The Morgan fingerprint density at radius 3 is 2.77 bits per heavy atom. The highest BCUT2D eigenvalue weighted by atomic mass is 16.4. The average molecular weight is 525 g/mol. The minimum absolute atomic E-state index is 0.204. The quantitative estimate of drug-likeness (QED) is 0.306. The van der Waals surface area contributed by atoms with Gasteiger partial charge in [0.2, 0.25) is 0 Å². The molecule has 0 saturated carbocycles. The van der Waals surface area contributed by atoms with Gasteiger partial charge in [0, 0.05) is 30.9 Å². The summed E-state index contributed by atoms with van der Waals surface area (Å²) in [5.74, 6) is 0.437. The van der Waals surface area contributed by atoms with Gasteiger partial charge < -0.3 is 20.4 Å². The minimum atomic E-state index is 0.204. The Labute approximate surface area is 227 Å². The van der Waals surface area contributed by atoms with Gasteiger partial charge in [-0.1, -0.05) is 18.2 Å². The first-order chi connectivity index (χ1) is 18.9. The number of fused-ring (bicyclic) bond motifs is 2. The normalized spacial score (nSPS) is 16.5. The first-order valence-corrected chi connectivity index (χ1v) is 13.3. The Morgan fingerprint density at radius 1 is 1.15 bits per heavy atom. The largest absolute Gasteiger partial charge is 0.423 e. The average Bonchev–Trinajstić information content (AvgIpc) is 3.50. The lowest BCUT2D eigenvalue weighted by Gasteiger charge is -2.33. The van der Waals surface area contributed by atoms with Gasteiger partial charge in [0.15, 0.2) is 11.2 Å². The van der Waals surface area contributed by atoms with Gasteiger partial charge in [-0.05, 0) is 76.7 Å². The Balaban J connectivity index is 1.28. The summed E-state index contributed by atoms with van der Waals surface area (Å²) in [4.78, 5) is 18.1.